The highest BCUT2D eigenvalue weighted by Gasteiger charge is 2.32. The van der Waals surface area contributed by atoms with Gasteiger partial charge in [0.05, 0.1) is 10.4 Å². The van der Waals surface area contributed by atoms with E-state index in [1.165, 1.54) is 12.8 Å². The molecule has 0 atom stereocenters. The third-order valence-electron chi connectivity index (χ3n) is 3.08. The van der Waals surface area contributed by atoms with Gasteiger partial charge < -0.3 is 4.52 Å². The summed E-state index contributed by atoms with van der Waals surface area (Å²) >= 11 is 1.72. The van der Waals surface area contributed by atoms with Gasteiger partial charge in [0, 0.05) is 6.07 Å². The second kappa shape index (κ2) is 5.34. The van der Waals surface area contributed by atoms with Crippen LogP contribution in [0.25, 0.3) is 0 Å². The topological polar surface area (TPSA) is 55.1 Å². The van der Waals surface area contributed by atoms with Crippen molar-refractivity contribution in [2.45, 2.75) is 44.8 Å². The lowest BCUT2D eigenvalue weighted by Crippen LogP contribution is -2.34. The van der Waals surface area contributed by atoms with Crippen molar-refractivity contribution >= 4 is 23.6 Å². The summed E-state index contributed by atoms with van der Waals surface area (Å²) in [6.07, 6.45) is 3.43. The van der Waals surface area contributed by atoms with E-state index >= 15 is 0 Å². The molecule has 0 radical (unpaired) electrons. The van der Waals surface area contributed by atoms with Gasteiger partial charge in [0.1, 0.15) is 0 Å². The fourth-order valence-electron chi connectivity index (χ4n) is 1.48. The Bertz CT molecular complexity index is 424. The zero-order valence-corrected chi connectivity index (χ0v) is 12.0. The summed E-state index contributed by atoms with van der Waals surface area (Å²) in [5.41, 5.74) is 0.855. The molecule has 1 aliphatic rings. The number of aromatic nitrogens is 1. The quantitative estimate of drug-likeness (QED) is 0.861. The predicted molar refractivity (Wildman–Crippen MR) is 73.8 cm³/mol. The molecule has 2 rings (SSSR count). The van der Waals surface area contributed by atoms with Gasteiger partial charge in [-0.1, -0.05) is 12.1 Å². The SMILES string of the molecule is CCc1cc(NC(=O)C(C)(C)SCC2CC2)on1. The van der Waals surface area contributed by atoms with Gasteiger partial charge in [-0.2, -0.15) is 0 Å². The summed E-state index contributed by atoms with van der Waals surface area (Å²) in [4.78, 5) is 12.1. The molecule has 18 heavy (non-hydrogen) atoms. The van der Waals surface area contributed by atoms with Crippen LogP contribution in [0.5, 0.6) is 0 Å². The lowest BCUT2D eigenvalue weighted by Gasteiger charge is -2.21. The first-order valence-corrected chi connectivity index (χ1v) is 7.41. The number of hydrogen-bond donors (Lipinski definition) is 1. The van der Waals surface area contributed by atoms with Crippen LogP contribution in [0.3, 0.4) is 0 Å². The third kappa shape index (κ3) is 3.51. The van der Waals surface area contributed by atoms with Crippen LogP contribution in [0.15, 0.2) is 10.6 Å². The van der Waals surface area contributed by atoms with Crippen LogP contribution in [0, 0.1) is 5.92 Å². The number of carbonyl (C=O) groups excluding carboxylic acids is 1. The molecule has 0 bridgehead atoms. The van der Waals surface area contributed by atoms with E-state index in [4.69, 9.17) is 4.52 Å². The first-order chi connectivity index (χ1) is 8.51. The molecule has 0 spiro atoms. The Morgan fingerprint density at radius 2 is 2.33 bits per heavy atom. The van der Waals surface area contributed by atoms with E-state index in [0.29, 0.717) is 5.88 Å². The minimum Gasteiger partial charge on any atom is -0.338 e. The van der Waals surface area contributed by atoms with Gasteiger partial charge in [0.15, 0.2) is 0 Å². The molecular weight excluding hydrogens is 248 g/mol. The van der Waals surface area contributed by atoms with Crippen LogP contribution < -0.4 is 5.32 Å². The van der Waals surface area contributed by atoms with Crippen molar-refractivity contribution in [2.75, 3.05) is 11.1 Å². The van der Waals surface area contributed by atoms with Gasteiger partial charge in [-0.3, -0.25) is 10.1 Å². The second-order valence-corrected chi connectivity index (χ2v) is 6.90. The highest BCUT2D eigenvalue weighted by molar-refractivity contribution is 8.01. The van der Waals surface area contributed by atoms with Crippen molar-refractivity contribution in [3.8, 4) is 0 Å². The molecule has 5 heteroatoms. The lowest BCUT2D eigenvalue weighted by molar-refractivity contribution is -0.117. The predicted octanol–water partition coefficient (Wildman–Crippen LogP) is 3.10. The van der Waals surface area contributed by atoms with Gasteiger partial charge in [-0.15, -0.1) is 11.8 Å². The van der Waals surface area contributed by atoms with Crippen LogP contribution in [0.2, 0.25) is 0 Å². The monoisotopic (exact) mass is 268 g/mol. The smallest absolute Gasteiger partial charge is 0.242 e. The first-order valence-electron chi connectivity index (χ1n) is 6.42. The maximum Gasteiger partial charge on any atom is 0.242 e. The highest BCUT2D eigenvalue weighted by atomic mass is 32.2. The number of nitrogens with one attached hydrogen (secondary N) is 1. The van der Waals surface area contributed by atoms with Crippen molar-refractivity contribution in [2.24, 2.45) is 5.92 Å². The Labute approximate surface area is 112 Å². The summed E-state index contributed by atoms with van der Waals surface area (Å²) in [5.74, 6) is 2.31. The minimum absolute atomic E-state index is 0.0213. The van der Waals surface area contributed by atoms with Crippen LogP contribution in [0.4, 0.5) is 5.88 Å². The molecule has 0 unspecified atom stereocenters. The third-order valence-corrected chi connectivity index (χ3v) is 4.63. The van der Waals surface area contributed by atoms with Crippen molar-refractivity contribution in [1.29, 1.82) is 0 Å². The Hall–Kier alpha value is -0.970. The molecular formula is C13H20N2O2S. The van der Waals surface area contributed by atoms with E-state index in [9.17, 15) is 4.79 Å². The van der Waals surface area contributed by atoms with Gasteiger partial charge >= 0.3 is 0 Å². The minimum atomic E-state index is -0.429. The largest absolute Gasteiger partial charge is 0.338 e. The van der Waals surface area contributed by atoms with E-state index in [-0.39, 0.29) is 5.91 Å². The molecule has 0 saturated heterocycles. The summed E-state index contributed by atoms with van der Waals surface area (Å²) in [6, 6.07) is 1.78. The lowest BCUT2D eigenvalue weighted by atomic mass is 10.2. The Kier molecular flexibility index (Phi) is 4.00. The molecule has 4 nitrogen and oxygen atoms in total. The summed E-state index contributed by atoms with van der Waals surface area (Å²) in [7, 11) is 0. The number of rotatable bonds is 6. The van der Waals surface area contributed by atoms with E-state index in [0.717, 1.165) is 23.8 Å². The van der Waals surface area contributed by atoms with Gasteiger partial charge in [0.2, 0.25) is 11.8 Å². The van der Waals surface area contributed by atoms with E-state index in [2.05, 4.69) is 10.5 Å². The fourth-order valence-corrected chi connectivity index (χ4v) is 2.64. The Balaban J connectivity index is 1.88. The van der Waals surface area contributed by atoms with Crippen LogP contribution in [-0.4, -0.2) is 21.6 Å². The van der Waals surface area contributed by atoms with Crippen molar-refractivity contribution in [1.82, 2.24) is 5.16 Å². The molecule has 0 aliphatic heterocycles. The average molecular weight is 268 g/mol. The molecule has 1 heterocycles. The van der Waals surface area contributed by atoms with Crippen molar-refractivity contribution in [3.63, 3.8) is 0 Å². The zero-order valence-electron chi connectivity index (χ0n) is 11.2. The number of nitrogens with zero attached hydrogens (tertiary/aromatic N) is 1. The molecule has 0 aromatic carbocycles. The summed E-state index contributed by atoms with van der Waals surface area (Å²) in [5, 5.41) is 6.65. The molecule has 1 aromatic rings. The molecule has 100 valence electrons. The first kappa shape index (κ1) is 13.5. The van der Waals surface area contributed by atoms with Gasteiger partial charge in [-0.05, 0) is 44.8 Å². The maximum atomic E-state index is 12.1. The maximum absolute atomic E-state index is 12.1. The van der Waals surface area contributed by atoms with Crippen LogP contribution >= 0.6 is 11.8 Å². The van der Waals surface area contributed by atoms with E-state index in [1.807, 2.05) is 20.8 Å². The van der Waals surface area contributed by atoms with Crippen molar-refractivity contribution in [3.05, 3.63) is 11.8 Å². The number of hydrogen-bond acceptors (Lipinski definition) is 4. The van der Waals surface area contributed by atoms with E-state index in [1.54, 1.807) is 17.8 Å². The number of anilines is 1. The summed E-state index contributed by atoms with van der Waals surface area (Å²) < 4.78 is 4.64. The highest BCUT2D eigenvalue weighted by Crippen LogP contribution is 2.37. The van der Waals surface area contributed by atoms with Gasteiger partial charge in [-0.25, -0.2) is 0 Å². The number of amides is 1. The number of aryl methyl sites for hydroxylation is 1. The normalized spacial score (nSPS) is 15.7. The molecule has 1 saturated carbocycles. The fraction of sp³-hybridized carbons (Fsp3) is 0.692. The van der Waals surface area contributed by atoms with E-state index < -0.39 is 4.75 Å². The molecule has 1 amide bonds. The van der Waals surface area contributed by atoms with Crippen molar-refractivity contribution < 1.29 is 9.32 Å². The Morgan fingerprint density at radius 3 is 2.89 bits per heavy atom. The Morgan fingerprint density at radius 1 is 1.61 bits per heavy atom. The molecule has 1 aliphatic carbocycles. The zero-order chi connectivity index (χ0) is 13.2. The number of thioether (sulfide) groups is 1. The molecule has 1 aromatic heterocycles. The second-order valence-electron chi connectivity index (χ2n) is 5.25. The summed E-state index contributed by atoms with van der Waals surface area (Å²) in [6.45, 7) is 5.90. The average Bonchev–Trinajstić information content (AvgIpc) is 3.06. The molecule has 1 fully saturated rings. The van der Waals surface area contributed by atoms with Crippen LogP contribution in [0.1, 0.15) is 39.3 Å². The molecule has 1 N–H and O–H groups in total. The number of carbonyl (C=O) groups is 1. The van der Waals surface area contributed by atoms with Gasteiger partial charge in [0.25, 0.3) is 0 Å². The standard InChI is InChI=1S/C13H20N2O2S/c1-4-10-7-11(17-15-10)14-12(16)13(2,3)18-8-9-5-6-9/h7,9H,4-6,8H2,1-3H3,(H,14,16). The van der Waals surface area contributed by atoms with Crippen LogP contribution in [-0.2, 0) is 11.2 Å².